The SMILES string of the molecule is N#CCCCOc1cccc(NC(=O)C2CC(O)CN2)c1. The van der Waals surface area contributed by atoms with Gasteiger partial charge in [0.05, 0.1) is 24.8 Å². The Morgan fingerprint density at radius 1 is 1.57 bits per heavy atom. The van der Waals surface area contributed by atoms with Gasteiger partial charge in [0.25, 0.3) is 0 Å². The molecule has 1 aromatic rings. The quantitative estimate of drug-likeness (QED) is 0.680. The molecule has 1 aliphatic rings. The number of carbonyl (C=O) groups excluding carboxylic acids is 1. The van der Waals surface area contributed by atoms with Crippen LogP contribution >= 0.6 is 0 Å². The van der Waals surface area contributed by atoms with E-state index >= 15 is 0 Å². The van der Waals surface area contributed by atoms with E-state index in [0.717, 1.165) is 0 Å². The lowest BCUT2D eigenvalue weighted by Gasteiger charge is -2.12. The van der Waals surface area contributed by atoms with Crippen LogP contribution in [0.5, 0.6) is 5.75 Å². The number of anilines is 1. The summed E-state index contributed by atoms with van der Waals surface area (Å²) in [4.78, 5) is 12.0. The Kier molecular flexibility index (Phi) is 5.55. The molecule has 1 saturated heterocycles. The minimum absolute atomic E-state index is 0.159. The van der Waals surface area contributed by atoms with Crippen molar-refractivity contribution in [1.29, 1.82) is 5.26 Å². The van der Waals surface area contributed by atoms with Gasteiger partial charge in [-0.2, -0.15) is 5.26 Å². The van der Waals surface area contributed by atoms with Crippen molar-refractivity contribution in [2.45, 2.75) is 31.4 Å². The Morgan fingerprint density at radius 3 is 3.14 bits per heavy atom. The molecule has 0 saturated carbocycles. The second-order valence-corrected chi connectivity index (χ2v) is 4.98. The van der Waals surface area contributed by atoms with Crippen molar-refractivity contribution in [2.24, 2.45) is 0 Å². The molecule has 0 aliphatic carbocycles. The van der Waals surface area contributed by atoms with E-state index in [0.29, 0.717) is 43.9 Å². The number of rotatable bonds is 6. The first-order valence-corrected chi connectivity index (χ1v) is 7.01. The predicted octanol–water partition coefficient (Wildman–Crippen LogP) is 1.03. The third kappa shape index (κ3) is 4.74. The van der Waals surface area contributed by atoms with Crippen LogP contribution in [-0.4, -0.2) is 36.3 Å². The lowest BCUT2D eigenvalue weighted by Crippen LogP contribution is -2.35. The number of nitrogens with zero attached hydrogens (tertiary/aromatic N) is 1. The van der Waals surface area contributed by atoms with Crippen molar-refractivity contribution in [3.8, 4) is 11.8 Å². The van der Waals surface area contributed by atoms with Crippen LogP contribution in [0.25, 0.3) is 0 Å². The molecular weight excluding hydrogens is 270 g/mol. The highest BCUT2D eigenvalue weighted by Crippen LogP contribution is 2.18. The van der Waals surface area contributed by atoms with Gasteiger partial charge in [-0.1, -0.05) is 6.07 Å². The third-order valence-corrected chi connectivity index (χ3v) is 3.23. The molecule has 0 spiro atoms. The van der Waals surface area contributed by atoms with Gasteiger partial charge in [0.1, 0.15) is 5.75 Å². The van der Waals surface area contributed by atoms with Gasteiger partial charge >= 0.3 is 0 Å². The molecule has 1 aromatic carbocycles. The molecule has 2 unspecified atom stereocenters. The van der Waals surface area contributed by atoms with E-state index in [4.69, 9.17) is 10.00 Å². The number of hydrogen-bond acceptors (Lipinski definition) is 5. The maximum Gasteiger partial charge on any atom is 0.241 e. The van der Waals surface area contributed by atoms with Crippen molar-refractivity contribution in [3.05, 3.63) is 24.3 Å². The molecule has 1 amide bonds. The number of ether oxygens (including phenoxy) is 1. The number of unbranched alkanes of at least 4 members (excludes halogenated alkanes) is 1. The van der Waals surface area contributed by atoms with Gasteiger partial charge in [0.15, 0.2) is 0 Å². The highest BCUT2D eigenvalue weighted by molar-refractivity contribution is 5.95. The number of aliphatic hydroxyl groups excluding tert-OH is 1. The zero-order chi connectivity index (χ0) is 15.1. The number of β-amino-alcohol motifs (C(OH)–C–C–N with tert-alkyl or cyclic N) is 1. The fraction of sp³-hybridized carbons (Fsp3) is 0.467. The molecular formula is C15H19N3O3. The minimum Gasteiger partial charge on any atom is -0.493 e. The zero-order valence-electron chi connectivity index (χ0n) is 11.7. The Bertz CT molecular complexity index is 527. The van der Waals surface area contributed by atoms with Gasteiger partial charge in [0.2, 0.25) is 5.91 Å². The Labute approximate surface area is 123 Å². The highest BCUT2D eigenvalue weighted by Gasteiger charge is 2.27. The molecule has 6 nitrogen and oxygen atoms in total. The number of aliphatic hydroxyl groups is 1. The number of nitriles is 1. The molecule has 112 valence electrons. The molecule has 2 rings (SSSR count). The average molecular weight is 289 g/mol. The maximum atomic E-state index is 12.0. The van der Waals surface area contributed by atoms with Crippen LogP contribution in [-0.2, 0) is 4.79 Å². The van der Waals surface area contributed by atoms with E-state index in [1.807, 2.05) is 0 Å². The summed E-state index contributed by atoms with van der Waals surface area (Å²) >= 11 is 0. The number of hydrogen-bond donors (Lipinski definition) is 3. The second-order valence-electron chi connectivity index (χ2n) is 4.98. The molecule has 1 fully saturated rings. The number of carbonyl (C=O) groups is 1. The fourth-order valence-corrected chi connectivity index (χ4v) is 2.15. The van der Waals surface area contributed by atoms with Gasteiger partial charge in [0, 0.05) is 24.7 Å². The normalized spacial score (nSPS) is 20.8. The van der Waals surface area contributed by atoms with Crippen molar-refractivity contribution in [2.75, 3.05) is 18.5 Å². The van der Waals surface area contributed by atoms with Crippen LogP contribution < -0.4 is 15.4 Å². The second kappa shape index (κ2) is 7.62. The lowest BCUT2D eigenvalue weighted by atomic mass is 10.2. The first kappa shape index (κ1) is 15.3. The largest absolute Gasteiger partial charge is 0.493 e. The Morgan fingerprint density at radius 2 is 2.43 bits per heavy atom. The minimum atomic E-state index is -0.462. The lowest BCUT2D eigenvalue weighted by molar-refractivity contribution is -0.117. The van der Waals surface area contributed by atoms with Gasteiger partial charge < -0.3 is 20.5 Å². The summed E-state index contributed by atoms with van der Waals surface area (Å²) in [7, 11) is 0. The van der Waals surface area contributed by atoms with Crippen LogP contribution in [0.3, 0.4) is 0 Å². The molecule has 6 heteroatoms. The summed E-state index contributed by atoms with van der Waals surface area (Å²) in [5, 5.41) is 23.6. The van der Waals surface area contributed by atoms with Crippen LogP contribution in [0.2, 0.25) is 0 Å². The molecule has 1 heterocycles. The number of amides is 1. The molecule has 1 aliphatic heterocycles. The first-order chi connectivity index (χ1) is 10.2. The van der Waals surface area contributed by atoms with Crippen molar-refractivity contribution < 1.29 is 14.6 Å². The van der Waals surface area contributed by atoms with Crippen molar-refractivity contribution in [1.82, 2.24) is 5.32 Å². The summed E-state index contributed by atoms with van der Waals surface area (Å²) in [6, 6.07) is 8.83. The topological polar surface area (TPSA) is 94.4 Å². The van der Waals surface area contributed by atoms with E-state index < -0.39 is 6.10 Å². The monoisotopic (exact) mass is 289 g/mol. The van der Waals surface area contributed by atoms with Gasteiger partial charge in [-0.05, 0) is 25.0 Å². The first-order valence-electron chi connectivity index (χ1n) is 7.01. The summed E-state index contributed by atoms with van der Waals surface area (Å²) < 4.78 is 5.51. The molecule has 0 radical (unpaired) electrons. The van der Waals surface area contributed by atoms with Gasteiger partial charge in [-0.15, -0.1) is 0 Å². The van der Waals surface area contributed by atoms with Crippen LogP contribution in [0.4, 0.5) is 5.69 Å². The standard InChI is InChI=1S/C15H19N3O3/c16-6-1-2-7-21-13-5-3-4-11(8-13)18-15(20)14-9-12(19)10-17-14/h3-5,8,12,14,17,19H,1-2,7,9-10H2,(H,18,20). The summed E-state index contributed by atoms with van der Waals surface area (Å²) in [5.41, 5.74) is 0.654. The molecule has 3 N–H and O–H groups in total. The van der Waals surface area contributed by atoms with Crippen molar-refractivity contribution in [3.63, 3.8) is 0 Å². The molecule has 0 aromatic heterocycles. The average Bonchev–Trinajstić information content (AvgIpc) is 2.91. The number of benzene rings is 1. The third-order valence-electron chi connectivity index (χ3n) is 3.23. The van der Waals surface area contributed by atoms with Gasteiger partial charge in [-0.3, -0.25) is 4.79 Å². The fourth-order valence-electron chi connectivity index (χ4n) is 2.15. The number of nitrogens with one attached hydrogen (secondary N) is 2. The molecule has 21 heavy (non-hydrogen) atoms. The smallest absolute Gasteiger partial charge is 0.241 e. The zero-order valence-corrected chi connectivity index (χ0v) is 11.7. The van der Waals surface area contributed by atoms with Crippen LogP contribution in [0.15, 0.2) is 24.3 Å². The van der Waals surface area contributed by atoms with E-state index in [1.165, 1.54) is 0 Å². The van der Waals surface area contributed by atoms with Crippen LogP contribution in [0, 0.1) is 11.3 Å². The Balaban J connectivity index is 1.85. The summed E-state index contributed by atoms with van der Waals surface area (Å²) in [6.45, 7) is 0.918. The predicted molar refractivity (Wildman–Crippen MR) is 77.8 cm³/mol. The Hall–Kier alpha value is -2.10. The highest BCUT2D eigenvalue weighted by atomic mass is 16.5. The molecule has 2 atom stereocenters. The van der Waals surface area contributed by atoms with E-state index in [2.05, 4.69) is 16.7 Å². The van der Waals surface area contributed by atoms with E-state index in [-0.39, 0.29) is 11.9 Å². The summed E-state index contributed by atoms with van der Waals surface area (Å²) in [5.74, 6) is 0.498. The van der Waals surface area contributed by atoms with Crippen molar-refractivity contribution >= 4 is 11.6 Å². The van der Waals surface area contributed by atoms with Crippen LogP contribution in [0.1, 0.15) is 19.3 Å². The molecule has 0 bridgehead atoms. The van der Waals surface area contributed by atoms with E-state index in [1.54, 1.807) is 24.3 Å². The van der Waals surface area contributed by atoms with E-state index in [9.17, 15) is 9.90 Å². The van der Waals surface area contributed by atoms with Gasteiger partial charge in [-0.25, -0.2) is 0 Å². The summed E-state index contributed by atoms with van der Waals surface area (Å²) in [6.07, 6.45) is 1.11. The maximum absolute atomic E-state index is 12.0.